The normalized spacial score (nSPS) is 18.8. The highest BCUT2D eigenvalue weighted by Gasteiger charge is 2.52. The fourth-order valence-electron chi connectivity index (χ4n) is 5.50. The molecule has 8 heteroatoms. The van der Waals surface area contributed by atoms with E-state index < -0.39 is 24.4 Å². The van der Waals surface area contributed by atoms with Gasteiger partial charge in [-0.3, -0.25) is 0 Å². The van der Waals surface area contributed by atoms with Gasteiger partial charge in [-0.1, -0.05) is 60.7 Å². The summed E-state index contributed by atoms with van der Waals surface area (Å²) in [4.78, 5) is 13.0. The van der Waals surface area contributed by atoms with Crippen molar-refractivity contribution in [1.29, 1.82) is 0 Å². The summed E-state index contributed by atoms with van der Waals surface area (Å²) in [6.07, 6.45) is 2.32. The second-order valence-electron chi connectivity index (χ2n) is 11.7. The van der Waals surface area contributed by atoms with Gasteiger partial charge in [0.2, 0.25) is 0 Å². The Bertz CT molecular complexity index is 1420. The third-order valence-corrected chi connectivity index (χ3v) is 8.46. The van der Waals surface area contributed by atoms with Crippen LogP contribution in [0.5, 0.6) is 11.5 Å². The van der Waals surface area contributed by atoms with Crippen LogP contribution in [0.2, 0.25) is 0 Å². The van der Waals surface area contributed by atoms with Gasteiger partial charge in [0, 0.05) is 18.9 Å². The van der Waals surface area contributed by atoms with Crippen LogP contribution in [-0.4, -0.2) is 50.8 Å². The van der Waals surface area contributed by atoms with E-state index in [1.807, 2.05) is 76.2 Å². The van der Waals surface area contributed by atoms with E-state index in [9.17, 15) is 4.79 Å². The fraction of sp³-hybridized carbons (Fsp3) is 0.364. The molecule has 3 aromatic carbocycles. The van der Waals surface area contributed by atoms with Gasteiger partial charge >= 0.3 is 13.2 Å². The number of nitrogens with one attached hydrogen (secondary N) is 1. The predicted molar refractivity (Wildman–Crippen MR) is 159 cm³/mol. The molecule has 1 amide bonds. The summed E-state index contributed by atoms with van der Waals surface area (Å²) in [7, 11) is -0.634. The average molecular weight is 553 g/mol. The fourth-order valence-corrected chi connectivity index (χ4v) is 5.50. The minimum Gasteiger partial charge on any atom is -0.490 e. The molecule has 2 heterocycles. The molecule has 0 spiro atoms. The van der Waals surface area contributed by atoms with Crippen molar-refractivity contribution in [3.8, 4) is 22.6 Å². The van der Waals surface area contributed by atoms with Gasteiger partial charge in [0.05, 0.1) is 24.4 Å². The Morgan fingerprint density at radius 1 is 0.902 bits per heavy atom. The van der Waals surface area contributed by atoms with E-state index in [-0.39, 0.29) is 19.1 Å². The Balaban J connectivity index is 1.18. The molecule has 0 atom stereocenters. The molecule has 0 saturated carbocycles. The van der Waals surface area contributed by atoms with Crippen molar-refractivity contribution < 1.29 is 28.3 Å². The molecule has 3 aromatic rings. The third kappa shape index (κ3) is 5.46. The van der Waals surface area contributed by atoms with Crippen LogP contribution in [0.4, 0.5) is 4.79 Å². The molecule has 0 unspecified atom stereocenters. The lowest BCUT2D eigenvalue weighted by molar-refractivity contribution is 0.00578. The monoisotopic (exact) mass is 553 g/mol. The predicted octanol–water partition coefficient (Wildman–Crippen LogP) is 6.40. The maximum atomic E-state index is 13.0. The molecule has 41 heavy (non-hydrogen) atoms. The van der Waals surface area contributed by atoms with Crippen LogP contribution in [0.25, 0.3) is 17.2 Å². The number of hydrogen-bond donors (Lipinski definition) is 1. The van der Waals surface area contributed by atoms with Crippen LogP contribution >= 0.6 is 0 Å². The highest BCUT2D eigenvalue weighted by atomic mass is 16.7. The van der Waals surface area contributed by atoms with Crippen molar-refractivity contribution in [3.63, 3.8) is 0 Å². The van der Waals surface area contributed by atoms with Crippen LogP contribution in [-0.2, 0) is 14.0 Å². The van der Waals surface area contributed by atoms with Gasteiger partial charge in [-0.05, 0) is 73.1 Å². The van der Waals surface area contributed by atoms with Crippen molar-refractivity contribution in [1.82, 2.24) is 5.32 Å². The highest BCUT2D eigenvalue weighted by Crippen LogP contribution is 2.44. The zero-order chi connectivity index (χ0) is 28.6. The van der Waals surface area contributed by atoms with Crippen LogP contribution in [0.3, 0.4) is 0 Å². The van der Waals surface area contributed by atoms with Gasteiger partial charge in [-0.15, -0.1) is 0 Å². The van der Waals surface area contributed by atoms with E-state index in [1.165, 1.54) is 22.3 Å². The zero-order valence-corrected chi connectivity index (χ0v) is 24.1. The highest BCUT2D eigenvalue weighted by molar-refractivity contribution is 6.56. The zero-order valence-electron chi connectivity index (χ0n) is 24.1. The lowest BCUT2D eigenvalue weighted by Crippen LogP contribution is -2.41. The Labute approximate surface area is 241 Å². The van der Waals surface area contributed by atoms with E-state index in [1.54, 1.807) is 0 Å². The van der Waals surface area contributed by atoms with E-state index in [4.69, 9.17) is 23.5 Å². The molecule has 7 nitrogen and oxygen atoms in total. The number of hydrogen-bond acceptors (Lipinski definition) is 6. The van der Waals surface area contributed by atoms with Crippen molar-refractivity contribution >= 4 is 19.3 Å². The number of amides is 1. The number of carbonyl (C=O) groups excluding carboxylic acids is 1. The first-order valence-corrected chi connectivity index (χ1v) is 14.3. The van der Waals surface area contributed by atoms with E-state index >= 15 is 0 Å². The van der Waals surface area contributed by atoms with Crippen molar-refractivity contribution in [3.05, 3.63) is 88.9 Å². The number of alkyl carbamates (subject to hydrolysis) is 1. The maximum absolute atomic E-state index is 13.0. The van der Waals surface area contributed by atoms with Gasteiger partial charge in [0.1, 0.15) is 6.61 Å². The molecule has 1 saturated heterocycles. The largest absolute Gasteiger partial charge is 0.492 e. The van der Waals surface area contributed by atoms with Crippen LogP contribution in [0.1, 0.15) is 56.7 Å². The molecular weight excluding hydrogens is 517 g/mol. The second kappa shape index (κ2) is 10.9. The lowest BCUT2D eigenvalue weighted by atomic mass is 9.77. The number of ether oxygens (including phenoxy) is 3. The molecule has 3 aliphatic rings. The summed E-state index contributed by atoms with van der Waals surface area (Å²) in [6.45, 7) is 9.72. The molecule has 1 fully saturated rings. The Morgan fingerprint density at radius 3 is 2.17 bits per heavy atom. The van der Waals surface area contributed by atoms with Crippen LogP contribution < -0.4 is 14.8 Å². The number of rotatable bonds is 6. The Hall–Kier alpha value is -3.75. The first-order valence-electron chi connectivity index (χ1n) is 14.3. The van der Waals surface area contributed by atoms with Crippen LogP contribution in [0, 0.1) is 0 Å². The van der Waals surface area contributed by atoms with Gasteiger partial charge < -0.3 is 28.8 Å². The van der Waals surface area contributed by atoms with Gasteiger partial charge in [0.25, 0.3) is 0 Å². The standard InChI is InChI=1S/C33H36BNO6/c1-32(2)33(3,4)41-34(40-32)23(18-22-14-15-29-30(19-22)38-17-9-16-37-29)20-35-31(36)39-21-28-26-12-7-5-10-24(26)25-11-6-8-13-27(25)28/h5-8,10-15,18-19,28H,9,16-17,20-21H2,1-4H3,(H,35,36). The number of carbonyl (C=O) groups is 1. The van der Waals surface area contributed by atoms with E-state index in [0.29, 0.717) is 19.0 Å². The van der Waals surface area contributed by atoms with Gasteiger partial charge in [0.15, 0.2) is 11.5 Å². The Kier molecular flexibility index (Phi) is 7.30. The van der Waals surface area contributed by atoms with E-state index in [0.717, 1.165) is 23.2 Å². The quantitative estimate of drug-likeness (QED) is 0.356. The summed E-state index contributed by atoms with van der Waals surface area (Å²) in [5.74, 6) is 1.43. The smallest absolute Gasteiger partial charge is 0.490 e. The lowest BCUT2D eigenvalue weighted by Gasteiger charge is -2.32. The van der Waals surface area contributed by atoms with Crippen molar-refractivity contribution in [2.75, 3.05) is 26.4 Å². The second-order valence-corrected chi connectivity index (χ2v) is 11.7. The molecule has 6 rings (SSSR count). The van der Waals surface area contributed by atoms with Crippen LogP contribution in [0.15, 0.2) is 72.2 Å². The molecule has 0 bridgehead atoms. The third-order valence-electron chi connectivity index (χ3n) is 8.46. The number of benzene rings is 3. The van der Waals surface area contributed by atoms with E-state index in [2.05, 4.69) is 29.6 Å². The molecule has 0 radical (unpaired) electrons. The molecule has 1 aliphatic carbocycles. The molecule has 2 aliphatic heterocycles. The topological polar surface area (TPSA) is 75.2 Å². The minimum absolute atomic E-state index is 0.00643. The average Bonchev–Trinajstić information content (AvgIpc) is 3.24. The summed E-state index contributed by atoms with van der Waals surface area (Å²) < 4.78 is 30.1. The number of fused-ring (bicyclic) bond motifs is 4. The molecule has 1 N–H and O–H groups in total. The summed E-state index contributed by atoms with van der Waals surface area (Å²) in [5, 5.41) is 2.93. The first kappa shape index (κ1) is 27.4. The molecular formula is C33H36BNO6. The molecule has 0 aromatic heterocycles. The summed E-state index contributed by atoms with van der Waals surface area (Å²) in [5.41, 5.74) is 5.36. The summed E-state index contributed by atoms with van der Waals surface area (Å²) >= 11 is 0. The van der Waals surface area contributed by atoms with Gasteiger partial charge in [-0.25, -0.2) is 4.79 Å². The first-order chi connectivity index (χ1) is 19.7. The summed E-state index contributed by atoms with van der Waals surface area (Å²) in [6, 6.07) is 22.4. The molecule has 212 valence electrons. The van der Waals surface area contributed by atoms with Gasteiger partial charge in [-0.2, -0.15) is 0 Å². The van der Waals surface area contributed by atoms with Crippen molar-refractivity contribution in [2.45, 2.75) is 51.2 Å². The SMILES string of the molecule is CC1(C)OB(C(=Cc2ccc3c(c2)OCCCO3)CNC(=O)OCC2c3ccccc3-c3ccccc32)OC1(C)C. The Morgan fingerprint density at radius 2 is 1.51 bits per heavy atom. The maximum Gasteiger partial charge on any atom is 0.492 e. The minimum atomic E-state index is -0.634. The van der Waals surface area contributed by atoms with Crippen molar-refractivity contribution in [2.24, 2.45) is 0 Å².